The standard InChI is InChI=1S/C15H15ClN2OS/c1-18(2)15(19)10-6-7-14(13(17)8-10)20-12-5-3-4-11(16)9-12/h3-9H,17H2,1-2H3. The molecule has 2 N–H and O–H groups in total. The van der Waals surface area contributed by atoms with Crippen LogP contribution < -0.4 is 5.73 Å². The summed E-state index contributed by atoms with van der Waals surface area (Å²) in [6, 6.07) is 12.9. The van der Waals surface area contributed by atoms with E-state index in [0.29, 0.717) is 16.3 Å². The molecule has 1 amide bonds. The van der Waals surface area contributed by atoms with Crippen LogP contribution in [0, 0.1) is 0 Å². The second kappa shape index (κ2) is 6.20. The Kier molecular flexibility index (Phi) is 4.57. The molecule has 0 heterocycles. The van der Waals surface area contributed by atoms with Crippen LogP contribution in [-0.4, -0.2) is 24.9 Å². The molecule has 2 aromatic carbocycles. The number of nitrogens with zero attached hydrogens (tertiary/aromatic N) is 1. The molecule has 0 fully saturated rings. The third-order valence-corrected chi connectivity index (χ3v) is 4.00. The lowest BCUT2D eigenvalue weighted by atomic mass is 10.2. The molecule has 0 radical (unpaired) electrons. The molecule has 0 atom stereocenters. The fourth-order valence-corrected chi connectivity index (χ4v) is 2.84. The first-order chi connectivity index (χ1) is 9.47. The second-order valence-corrected chi connectivity index (χ2v) is 6.06. The Labute approximate surface area is 127 Å². The molecule has 20 heavy (non-hydrogen) atoms. The molecule has 2 aromatic rings. The number of hydrogen-bond donors (Lipinski definition) is 1. The van der Waals surface area contributed by atoms with Crippen LogP contribution in [0.25, 0.3) is 0 Å². The topological polar surface area (TPSA) is 46.3 Å². The Hall–Kier alpha value is -1.65. The molecule has 5 heteroatoms. The van der Waals surface area contributed by atoms with Gasteiger partial charge < -0.3 is 10.6 Å². The van der Waals surface area contributed by atoms with E-state index in [1.807, 2.05) is 30.3 Å². The highest BCUT2D eigenvalue weighted by atomic mass is 35.5. The Balaban J connectivity index is 2.24. The first-order valence-electron chi connectivity index (χ1n) is 6.02. The average Bonchev–Trinajstić information content (AvgIpc) is 2.40. The quantitative estimate of drug-likeness (QED) is 0.878. The number of benzene rings is 2. The van der Waals surface area contributed by atoms with Crippen LogP contribution in [0.1, 0.15) is 10.4 Å². The van der Waals surface area contributed by atoms with Crippen LogP contribution in [0.4, 0.5) is 5.69 Å². The van der Waals surface area contributed by atoms with E-state index in [4.69, 9.17) is 17.3 Å². The zero-order valence-corrected chi connectivity index (χ0v) is 12.8. The zero-order chi connectivity index (χ0) is 14.7. The van der Waals surface area contributed by atoms with Gasteiger partial charge in [-0.05, 0) is 36.4 Å². The zero-order valence-electron chi connectivity index (χ0n) is 11.3. The lowest BCUT2D eigenvalue weighted by molar-refractivity contribution is 0.0827. The maximum absolute atomic E-state index is 11.9. The second-order valence-electron chi connectivity index (χ2n) is 4.51. The van der Waals surface area contributed by atoms with Crippen LogP contribution in [0.2, 0.25) is 5.02 Å². The van der Waals surface area contributed by atoms with Crippen molar-refractivity contribution < 1.29 is 4.79 Å². The predicted molar refractivity (Wildman–Crippen MR) is 84.4 cm³/mol. The molecule has 0 unspecified atom stereocenters. The third kappa shape index (κ3) is 3.46. The maximum atomic E-state index is 11.9. The monoisotopic (exact) mass is 306 g/mol. The molecule has 0 saturated heterocycles. The largest absolute Gasteiger partial charge is 0.398 e. The number of rotatable bonds is 3. The maximum Gasteiger partial charge on any atom is 0.253 e. The summed E-state index contributed by atoms with van der Waals surface area (Å²) >= 11 is 7.48. The first kappa shape index (κ1) is 14.8. The number of carbonyl (C=O) groups excluding carboxylic acids is 1. The number of amides is 1. The number of nitrogen functional groups attached to an aromatic ring is 1. The Morgan fingerprint density at radius 3 is 2.55 bits per heavy atom. The van der Waals surface area contributed by atoms with Crippen LogP contribution in [-0.2, 0) is 0 Å². The summed E-state index contributed by atoms with van der Waals surface area (Å²) < 4.78 is 0. The van der Waals surface area contributed by atoms with Gasteiger partial charge in [-0.2, -0.15) is 0 Å². The smallest absolute Gasteiger partial charge is 0.253 e. The van der Waals surface area contributed by atoms with Crippen LogP contribution >= 0.6 is 23.4 Å². The van der Waals surface area contributed by atoms with Crippen molar-refractivity contribution in [3.63, 3.8) is 0 Å². The van der Waals surface area contributed by atoms with Crippen molar-refractivity contribution in [1.82, 2.24) is 4.90 Å². The summed E-state index contributed by atoms with van der Waals surface area (Å²) in [6.07, 6.45) is 0. The van der Waals surface area contributed by atoms with Crippen LogP contribution in [0.15, 0.2) is 52.3 Å². The summed E-state index contributed by atoms with van der Waals surface area (Å²) in [6.45, 7) is 0. The summed E-state index contributed by atoms with van der Waals surface area (Å²) in [4.78, 5) is 15.3. The van der Waals surface area contributed by atoms with Gasteiger partial charge in [0.1, 0.15) is 0 Å². The van der Waals surface area contributed by atoms with E-state index in [9.17, 15) is 4.79 Å². The van der Waals surface area contributed by atoms with Crippen LogP contribution in [0.5, 0.6) is 0 Å². The molecule has 0 saturated carbocycles. The number of carbonyl (C=O) groups is 1. The first-order valence-corrected chi connectivity index (χ1v) is 7.21. The van der Waals surface area contributed by atoms with Crippen molar-refractivity contribution in [2.75, 3.05) is 19.8 Å². The summed E-state index contributed by atoms with van der Waals surface area (Å²) in [7, 11) is 3.43. The van der Waals surface area contributed by atoms with Gasteiger partial charge in [0.2, 0.25) is 0 Å². The van der Waals surface area contributed by atoms with Crippen molar-refractivity contribution in [3.05, 3.63) is 53.1 Å². The molecule has 0 bridgehead atoms. The summed E-state index contributed by atoms with van der Waals surface area (Å²) in [5.74, 6) is -0.0593. The van der Waals surface area contributed by atoms with Gasteiger partial charge in [-0.25, -0.2) is 0 Å². The van der Waals surface area contributed by atoms with Crippen LogP contribution in [0.3, 0.4) is 0 Å². The Bertz CT molecular complexity index is 644. The van der Waals surface area contributed by atoms with Crippen molar-refractivity contribution in [2.45, 2.75) is 9.79 Å². The Morgan fingerprint density at radius 2 is 1.95 bits per heavy atom. The van der Waals surface area contributed by atoms with Gasteiger partial charge in [-0.15, -0.1) is 0 Å². The minimum Gasteiger partial charge on any atom is -0.398 e. The van der Waals surface area contributed by atoms with Crippen molar-refractivity contribution in [2.24, 2.45) is 0 Å². The van der Waals surface area contributed by atoms with E-state index < -0.39 is 0 Å². The minimum atomic E-state index is -0.0593. The molecule has 2 rings (SSSR count). The predicted octanol–water partition coefficient (Wildman–Crippen LogP) is 3.78. The van der Waals surface area contributed by atoms with E-state index in [1.54, 1.807) is 26.2 Å². The number of halogens is 1. The van der Waals surface area contributed by atoms with Crippen molar-refractivity contribution >= 4 is 35.0 Å². The number of hydrogen-bond acceptors (Lipinski definition) is 3. The highest BCUT2D eigenvalue weighted by Gasteiger charge is 2.10. The molecule has 0 aliphatic carbocycles. The number of anilines is 1. The highest BCUT2D eigenvalue weighted by molar-refractivity contribution is 7.99. The fourth-order valence-electron chi connectivity index (χ4n) is 1.69. The number of nitrogens with two attached hydrogens (primary N) is 1. The van der Waals surface area contributed by atoms with Gasteiger partial charge in [-0.1, -0.05) is 29.4 Å². The summed E-state index contributed by atoms with van der Waals surface area (Å²) in [5, 5.41) is 0.688. The fraction of sp³-hybridized carbons (Fsp3) is 0.133. The third-order valence-electron chi connectivity index (χ3n) is 2.69. The minimum absolute atomic E-state index is 0.0593. The van der Waals surface area contributed by atoms with E-state index in [1.165, 1.54) is 16.7 Å². The Morgan fingerprint density at radius 1 is 1.20 bits per heavy atom. The average molecular weight is 307 g/mol. The van der Waals surface area contributed by atoms with Gasteiger partial charge in [0.25, 0.3) is 5.91 Å². The van der Waals surface area contributed by atoms with E-state index >= 15 is 0 Å². The normalized spacial score (nSPS) is 10.3. The van der Waals surface area contributed by atoms with Gasteiger partial charge in [0.15, 0.2) is 0 Å². The van der Waals surface area contributed by atoms with Gasteiger partial charge in [0.05, 0.1) is 0 Å². The van der Waals surface area contributed by atoms with Gasteiger partial charge >= 0.3 is 0 Å². The molecular weight excluding hydrogens is 292 g/mol. The van der Waals surface area contributed by atoms with E-state index in [2.05, 4.69) is 0 Å². The molecule has 0 aliphatic rings. The molecule has 3 nitrogen and oxygen atoms in total. The van der Waals surface area contributed by atoms with Crippen molar-refractivity contribution in [1.29, 1.82) is 0 Å². The van der Waals surface area contributed by atoms with Gasteiger partial charge in [0, 0.05) is 40.2 Å². The molecule has 0 aromatic heterocycles. The summed E-state index contributed by atoms with van der Waals surface area (Å²) in [5.41, 5.74) is 7.19. The van der Waals surface area contributed by atoms with Gasteiger partial charge in [-0.3, -0.25) is 4.79 Å². The lowest BCUT2D eigenvalue weighted by Crippen LogP contribution is -2.21. The van der Waals surface area contributed by atoms with E-state index in [0.717, 1.165) is 9.79 Å². The van der Waals surface area contributed by atoms with E-state index in [-0.39, 0.29) is 5.91 Å². The molecule has 0 spiro atoms. The van der Waals surface area contributed by atoms with Crippen molar-refractivity contribution in [3.8, 4) is 0 Å². The SMILES string of the molecule is CN(C)C(=O)c1ccc(Sc2cccc(Cl)c2)c(N)c1. The molecular formula is C15H15ClN2OS. The highest BCUT2D eigenvalue weighted by Crippen LogP contribution is 2.33. The lowest BCUT2D eigenvalue weighted by Gasteiger charge is -2.12. The molecule has 0 aliphatic heterocycles. The molecule has 104 valence electrons.